The Balaban J connectivity index is 1.70. The lowest BCUT2D eigenvalue weighted by molar-refractivity contribution is -0.116. The highest BCUT2D eigenvalue weighted by molar-refractivity contribution is 7.99. The Morgan fingerprint density at radius 2 is 2.19 bits per heavy atom. The average Bonchev–Trinajstić information content (AvgIpc) is 3.29. The summed E-state index contributed by atoms with van der Waals surface area (Å²) in [6, 6.07) is 7.23. The van der Waals surface area contributed by atoms with Crippen LogP contribution in [0.3, 0.4) is 0 Å². The lowest BCUT2D eigenvalue weighted by Crippen LogP contribution is -2.34. The molecule has 0 radical (unpaired) electrons. The van der Waals surface area contributed by atoms with Crippen LogP contribution in [-0.4, -0.2) is 39.9 Å². The Morgan fingerprint density at radius 3 is 2.85 bits per heavy atom. The van der Waals surface area contributed by atoms with Gasteiger partial charge in [0.05, 0.1) is 18.5 Å². The van der Waals surface area contributed by atoms with E-state index in [2.05, 4.69) is 10.3 Å². The van der Waals surface area contributed by atoms with Crippen LogP contribution in [0, 0.1) is 5.82 Å². The zero-order valence-electron chi connectivity index (χ0n) is 14.7. The fourth-order valence-corrected chi connectivity index (χ4v) is 3.17. The lowest BCUT2D eigenvalue weighted by atomic mass is 10.3. The Morgan fingerprint density at radius 1 is 1.37 bits per heavy atom. The third-order valence-electron chi connectivity index (χ3n) is 3.65. The van der Waals surface area contributed by atoms with E-state index in [9.17, 15) is 14.0 Å². The van der Waals surface area contributed by atoms with Crippen molar-refractivity contribution in [3.05, 3.63) is 60.6 Å². The molecule has 1 N–H and O–H groups in total. The number of nitrogens with one attached hydrogen (secondary N) is 1. The van der Waals surface area contributed by atoms with Crippen LogP contribution in [0.4, 0.5) is 10.1 Å². The minimum atomic E-state index is -0.477. The highest BCUT2D eigenvalue weighted by Gasteiger charge is 2.18. The van der Waals surface area contributed by atoms with Gasteiger partial charge in [0.2, 0.25) is 5.91 Å². The van der Waals surface area contributed by atoms with Gasteiger partial charge in [-0.1, -0.05) is 0 Å². The molecular weight excluding hydrogens is 371 g/mol. The summed E-state index contributed by atoms with van der Waals surface area (Å²) in [5.74, 6) is -1.21. The summed E-state index contributed by atoms with van der Waals surface area (Å²) in [7, 11) is 3.33. The van der Waals surface area contributed by atoms with Crippen molar-refractivity contribution in [3.8, 4) is 0 Å². The van der Waals surface area contributed by atoms with Gasteiger partial charge < -0.3 is 19.2 Å². The molecule has 0 aliphatic rings. The number of benzene rings is 1. The van der Waals surface area contributed by atoms with Gasteiger partial charge in [-0.3, -0.25) is 9.59 Å². The lowest BCUT2D eigenvalue weighted by Gasteiger charge is -2.16. The van der Waals surface area contributed by atoms with E-state index >= 15 is 0 Å². The zero-order chi connectivity index (χ0) is 19.4. The van der Waals surface area contributed by atoms with Crippen molar-refractivity contribution in [3.63, 3.8) is 0 Å². The molecule has 0 saturated heterocycles. The van der Waals surface area contributed by atoms with Crippen molar-refractivity contribution in [1.82, 2.24) is 14.5 Å². The summed E-state index contributed by atoms with van der Waals surface area (Å²) in [5, 5.41) is 3.35. The van der Waals surface area contributed by atoms with Crippen LogP contribution in [0.5, 0.6) is 0 Å². The monoisotopic (exact) mass is 388 g/mol. The number of aromatic nitrogens is 2. The molecule has 0 saturated carbocycles. The number of hydrogen-bond donors (Lipinski definition) is 1. The molecule has 0 aliphatic carbocycles. The highest BCUT2D eigenvalue weighted by atomic mass is 32.2. The number of aryl methyl sites for hydroxylation is 1. The number of rotatable bonds is 6. The number of nitrogens with zero attached hydrogens (tertiary/aromatic N) is 3. The summed E-state index contributed by atoms with van der Waals surface area (Å²) >= 11 is 1.30. The van der Waals surface area contributed by atoms with Crippen molar-refractivity contribution < 1.29 is 18.4 Å². The number of likely N-dealkylation sites (N-methyl/N-ethyl adjacent to an activating group) is 1. The number of imidazole rings is 1. The van der Waals surface area contributed by atoms with E-state index in [1.165, 1.54) is 48.2 Å². The van der Waals surface area contributed by atoms with Gasteiger partial charge in [-0.05, 0) is 42.1 Å². The molecule has 2 aromatic heterocycles. The molecule has 9 heteroatoms. The molecular formula is C18H17FN4O3S. The first-order chi connectivity index (χ1) is 12.9. The second-order valence-electron chi connectivity index (χ2n) is 5.75. The van der Waals surface area contributed by atoms with E-state index in [1.807, 2.05) is 11.6 Å². The largest absolute Gasteiger partial charge is 0.459 e. The zero-order valence-corrected chi connectivity index (χ0v) is 15.5. The standard InChI is InChI=1S/C18H17FN4O3S/c1-22-8-7-20-18(22)27-15-6-5-12(19)10-13(15)21-16(24)11-23(2)17(25)14-4-3-9-26-14/h3-10H,11H2,1-2H3,(H,21,24). The van der Waals surface area contributed by atoms with Gasteiger partial charge in [0.15, 0.2) is 10.9 Å². The van der Waals surface area contributed by atoms with Crippen LogP contribution < -0.4 is 5.32 Å². The van der Waals surface area contributed by atoms with Crippen molar-refractivity contribution >= 4 is 29.3 Å². The summed E-state index contributed by atoms with van der Waals surface area (Å²) in [5.41, 5.74) is 0.312. The van der Waals surface area contributed by atoms with Gasteiger partial charge in [0, 0.05) is 31.4 Å². The van der Waals surface area contributed by atoms with Crippen molar-refractivity contribution in [2.24, 2.45) is 7.05 Å². The first kappa shape index (κ1) is 18.7. The van der Waals surface area contributed by atoms with Gasteiger partial charge >= 0.3 is 0 Å². The first-order valence-corrected chi connectivity index (χ1v) is 8.79. The SMILES string of the molecule is CN(CC(=O)Nc1cc(F)ccc1Sc1nccn1C)C(=O)c1ccco1. The Kier molecular flexibility index (Phi) is 5.60. The van der Waals surface area contributed by atoms with Gasteiger partial charge in [-0.25, -0.2) is 9.37 Å². The number of anilines is 1. The quantitative estimate of drug-likeness (QED) is 0.702. The predicted octanol–water partition coefficient (Wildman–Crippen LogP) is 3.01. The minimum absolute atomic E-state index is 0.141. The first-order valence-electron chi connectivity index (χ1n) is 7.97. The van der Waals surface area contributed by atoms with E-state index in [4.69, 9.17) is 4.42 Å². The third-order valence-corrected chi connectivity index (χ3v) is 4.81. The molecule has 140 valence electrons. The van der Waals surface area contributed by atoms with E-state index in [0.29, 0.717) is 15.7 Å². The number of carbonyl (C=O) groups excluding carboxylic acids is 2. The molecule has 0 bridgehead atoms. The van der Waals surface area contributed by atoms with Crippen molar-refractivity contribution in [1.29, 1.82) is 0 Å². The number of hydrogen-bond acceptors (Lipinski definition) is 5. The average molecular weight is 388 g/mol. The van der Waals surface area contributed by atoms with E-state index in [1.54, 1.807) is 24.5 Å². The van der Waals surface area contributed by atoms with Crippen LogP contribution in [0.1, 0.15) is 10.6 Å². The Bertz CT molecular complexity index is 955. The van der Waals surface area contributed by atoms with Crippen LogP contribution in [-0.2, 0) is 11.8 Å². The predicted molar refractivity (Wildman–Crippen MR) is 98.0 cm³/mol. The molecule has 0 spiro atoms. The maximum Gasteiger partial charge on any atom is 0.289 e. The maximum atomic E-state index is 13.7. The van der Waals surface area contributed by atoms with Crippen LogP contribution in [0.25, 0.3) is 0 Å². The van der Waals surface area contributed by atoms with Crippen molar-refractivity contribution in [2.75, 3.05) is 18.9 Å². The minimum Gasteiger partial charge on any atom is -0.459 e. The Hall–Kier alpha value is -3.07. The van der Waals surface area contributed by atoms with E-state index in [0.717, 1.165) is 0 Å². The van der Waals surface area contributed by atoms with Crippen LogP contribution >= 0.6 is 11.8 Å². The van der Waals surface area contributed by atoms with Crippen molar-refractivity contribution in [2.45, 2.75) is 10.1 Å². The normalized spacial score (nSPS) is 10.6. The second kappa shape index (κ2) is 8.09. The van der Waals surface area contributed by atoms with Gasteiger partial charge in [-0.15, -0.1) is 0 Å². The van der Waals surface area contributed by atoms with E-state index < -0.39 is 17.6 Å². The number of halogens is 1. The topological polar surface area (TPSA) is 80.4 Å². The highest BCUT2D eigenvalue weighted by Crippen LogP contribution is 2.32. The molecule has 7 nitrogen and oxygen atoms in total. The smallest absolute Gasteiger partial charge is 0.289 e. The van der Waals surface area contributed by atoms with Crippen LogP contribution in [0.15, 0.2) is 63.5 Å². The molecule has 3 aromatic rings. The summed E-state index contributed by atoms with van der Waals surface area (Å²) in [6.45, 7) is -0.206. The number of amides is 2. The fourth-order valence-electron chi connectivity index (χ4n) is 2.30. The molecule has 27 heavy (non-hydrogen) atoms. The van der Waals surface area contributed by atoms with Gasteiger partial charge in [0.1, 0.15) is 5.82 Å². The molecule has 2 heterocycles. The molecule has 0 atom stereocenters. The third kappa shape index (κ3) is 4.56. The molecule has 1 aromatic carbocycles. The molecule has 0 aliphatic heterocycles. The van der Waals surface area contributed by atoms with Gasteiger partial charge in [-0.2, -0.15) is 0 Å². The Labute approximate surface area is 159 Å². The summed E-state index contributed by atoms with van der Waals surface area (Å²) < 4.78 is 20.5. The molecule has 0 fully saturated rings. The summed E-state index contributed by atoms with van der Waals surface area (Å²) in [6.07, 6.45) is 4.83. The number of carbonyl (C=O) groups is 2. The second-order valence-corrected chi connectivity index (χ2v) is 6.76. The van der Waals surface area contributed by atoms with E-state index in [-0.39, 0.29) is 12.3 Å². The molecule has 2 amide bonds. The summed E-state index contributed by atoms with van der Waals surface area (Å²) in [4.78, 5) is 30.6. The molecule has 3 rings (SSSR count). The maximum absolute atomic E-state index is 13.7. The van der Waals surface area contributed by atoms with Gasteiger partial charge in [0.25, 0.3) is 5.91 Å². The molecule has 0 unspecified atom stereocenters. The fraction of sp³-hybridized carbons (Fsp3) is 0.167. The number of furan rings is 1. The van der Waals surface area contributed by atoms with Crippen LogP contribution in [0.2, 0.25) is 0 Å².